The molecule has 0 saturated heterocycles. The number of halogens is 1. The Morgan fingerprint density at radius 1 is 0.234 bits per heavy atom. The second-order valence-corrected chi connectivity index (χ2v) is 43.3. The van der Waals surface area contributed by atoms with Gasteiger partial charge in [-0.15, -0.1) is 0 Å². The molecule has 5 aromatic carbocycles. The van der Waals surface area contributed by atoms with Crippen molar-refractivity contribution in [2.75, 3.05) is 0 Å². The van der Waals surface area contributed by atoms with Gasteiger partial charge in [0.05, 0.1) is 0 Å². The zero-order valence-electron chi connectivity index (χ0n) is 58.5. The van der Waals surface area contributed by atoms with Crippen LogP contribution in [0.5, 0.6) is 0 Å². The number of rotatable bonds is 14. The Hall–Kier alpha value is 0.696. The van der Waals surface area contributed by atoms with Crippen LogP contribution in [0.1, 0.15) is 283 Å². The van der Waals surface area contributed by atoms with Crippen LogP contribution in [-0.2, 0) is 51.2 Å². The molecular weight excluding hydrogens is 1370 g/mol. The maximum absolute atomic E-state index is 6.70. The van der Waals surface area contributed by atoms with E-state index < -0.39 is 0 Å². The molecule has 10 fully saturated rings. The average Bonchev–Trinajstić information content (AvgIpc) is 1.52. The summed E-state index contributed by atoms with van der Waals surface area (Å²) in [6.45, 7) is 0. The minimum absolute atomic E-state index is 0. The molecule has 0 unspecified atom stereocenters. The van der Waals surface area contributed by atoms with Gasteiger partial charge in [-0.3, -0.25) is 0 Å². The molecule has 15 rings (SSSR count). The molecule has 5 aromatic rings. The van der Waals surface area contributed by atoms with Crippen molar-refractivity contribution < 1.29 is 70.1 Å². The van der Waals surface area contributed by atoms with E-state index in [4.69, 9.17) is 11.2 Å². The van der Waals surface area contributed by atoms with Gasteiger partial charge in [-0.1, -0.05) is 333 Å². The molecule has 0 radical (unpaired) electrons. The molecule has 10 heteroatoms. The Labute approximate surface area is 632 Å². The van der Waals surface area contributed by atoms with Gasteiger partial charge in [0.25, 0.3) is 0 Å². The molecule has 0 amide bonds. The first-order valence-electron chi connectivity index (χ1n) is 38.3. The van der Waals surface area contributed by atoms with Crippen molar-refractivity contribution >= 4 is 76.7 Å². The van der Waals surface area contributed by atoms with E-state index in [0.29, 0.717) is 7.92 Å². The maximum atomic E-state index is 6.70. The third kappa shape index (κ3) is 27.4. The quantitative estimate of drug-likeness (QED) is 0.0591. The van der Waals surface area contributed by atoms with E-state index >= 15 is 0 Å². The smallest absolute Gasteiger partial charge is 0.328 e. The van der Waals surface area contributed by atoms with Crippen molar-refractivity contribution in [1.29, 1.82) is 0 Å². The number of hydrogen-bond donors (Lipinski definition) is 0. The maximum Gasteiger partial charge on any atom is 1.00 e. The summed E-state index contributed by atoms with van der Waals surface area (Å²) in [7, 11) is 0.0952. The zero-order chi connectivity index (χ0) is 61.5. The van der Waals surface area contributed by atoms with Crippen LogP contribution < -0.4 is 45.4 Å². The first kappa shape index (κ1) is 83.6. The molecule has 0 nitrogen and oxygen atoms in total. The summed E-state index contributed by atoms with van der Waals surface area (Å²) in [4.78, 5) is 0. The second kappa shape index (κ2) is 49.4. The van der Waals surface area contributed by atoms with Crippen LogP contribution in [0, 0.1) is 6.42 Å². The van der Waals surface area contributed by atoms with Gasteiger partial charge < -0.3 is 6.42 Å². The zero-order valence-corrected chi connectivity index (χ0v) is 67.0. The molecule has 0 spiro atoms. The van der Waals surface area contributed by atoms with E-state index in [1.165, 1.54) is 222 Å². The van der Waals surface area contributed by atoms with Gasteiger partial charge in [0.1, 0.15) is 0 Å². The summed E-state index contributed by atoms with van der Waals surface area (Å²) in [6, 6.07) is 55.9. The van der Waals surface area contributed by atoms with Crippen LogP contribution in [0.25, 0.3) is 0 Å². The Kier molecular flexibility index (Phi) is 43.9. The fourth-order valence-electron chi connectivity index (χ4n) is 18.0. The summed E-state index contributed by atoms with van der Waals surface area (Å²) in [6.07, 6.45) is 67.9. The largest absolute Gasteiger partial charge is 1.00 e. The average molecular weight is 1500 g/mol. The predicted molar refractivity (Wildman–Crippen MR) is 412 cm³/mol. The molecule has 0 atom stereocenters. The van der Waals surface area contributed by atoms with Gasteiger partial charge in [0.2, 0.25) is 0 Å². The SMILES string of the molecule is C1CCC(P(C2CCCCC2)C2CCCC2)CC1.ClP(C1CCCCC1)C1CCCCC1.[CH-]1CCCC1.[Fe].[Fe].[Fe].[Li+].c1ccc(P(C2CCCC2)C2CCCC2)cc1.c1ccc(P(c2ccccc2)C2CCCC2)cc1.c1ccc(P(c2ccccc2)C2CCCC2)cc1. The fourth-order valence-corrected chi connectivity index (χ4v) is 36.0. The summed E-state index contributed by atoms with van der Waals surface area (Å²) in [5, 5.41) is 7.88. The van der Waals surface area contributed by atoms with E-state index in [1.807, 2.05) is 0 Å². The van der Waals surface area contributed by atoms with Gasteiger partial charge in [-0.25, -0.2) is 0 Å². The van der Waals surface area contributed by atoms with Gasteiger partial charge in [0, 0.05) is 51.2 Å². The van der Waals surface area contributed by atoms with E-state index in [0.717, 1.165) is 34.0 Å². The molecule has 10 aliphatic carbocycles. The molecular formula is C84H123ClFe3LiP5. The standard InChI is InChI=1S/C17H31P.2C17H19P.C16H23P.C12H22ClP.C5H9.3Fe.Li/c3*1-3-9-15(10-4-1)18(17-13-7-8-14-17)16-11-5-2-6-12-16;1-2-8-14(9-3-1)17(15-10-4-5-11-15)16-12-6-7-13-16;13-14(11-7-3-1-4-8-11)12-9-5-2-6-10-12;1-2-4-5-3-1;;;;/h15-17H,1-14H2;2*1-6,9-12,17H,7-8,13-14H2;1-3,8-9,15-16H,4-7,10-13H2;11-12H,1-10H2;1H,2-5H2;;;;/q;;;;;-1;;;;+1. The minimum atomic E-state index is -0.152. The molecule has 0 aromatic heterocycles. The molecule has 0 N–H and O–H groups in total. The van der Waals surface area contributed by atoms with Crippen LogP contribution in [0.2, 0.25) is 0 Å². The number of benzene rings is 5. The van der Waals surface area contributed by atoms with Crippen molar-refractivity contribution in [3.05, 3.63) is 158 Å². The van der Waals surface area contributed by atoms with Crippen molar-refractivity contribution in [1.82, 2.24) is 0 Å². The van der Waals surface area contributed by atoms with E-state index in [9.17, 15) is 0 Å². The Morgan fingerprint density at radius 3 is 0.670 bits per heavy atom. The minimum Gasteiger partial charge on any atom is -0.328 e. The molecule has 10 saturated carbocycles. The van der Waals surface area contributed by atoms with Gasteiger partial charge >= 0.3 is 18.9 Å². The Morgan fingerprint density at radius 2 is 0.436 bits per heavy atom. The molecule has 0 heterocycles. The molecule has 0 bridgehead atoms. The number of hydrogen-bond acceptors (Lipinski definition) is 0. The second-order valence-electron chi connectivity index (χ2n) is 29.0. The van der Waals surface area contributed by atoms with Crippen molar-refractivity contribution in [2.24, 2.45) is 0 Å². The Balaban J connectivity index is 0.000000181. The molecule has 516 valence electrons. The first-order chi connectivity index (χ1) is 44.7. The molecule has 10 aliphatic rings. The third-order valence-corrected chi connectivity index (χ3v) is 40.2. The Bertz CT molecular complexity index is 2340. The summed E-state index contributed by atoms with van der Waals surface area (Å²) in [5.74, 6) is 0. The van der Waals surface area contributed by atoms with Crippen LogP contribution in [-0.4, -0.2) is 50.9 Å². The van der Waals surface area contributed by atoms with Gasteiger partial charge in [0.15, 0.2) is 0 Å². The topological polar surface area (TPSA) is 0 Å². The predicted octanol–water partition coefficient (Wildman–Crippen LogP) is 22.9. The van der Waals surface area contributed by atoms with Crippen LogP contribution in [0.15, 0.2) is 152 Å². The molecule has 94 heavy (non-hydrogen) atoms. The van der Waals surface area contributed by atoms with Gasteiger partial charge in [-0.2, -0.15) is 12.8 Å². The monoisotopic (exact) mass is 1500 g/mol. The van der Waals surface area contributed by atoms with Crippen molar-refractivity contribution in [3.8, 4) is 0 Å². The van der Waals surface area contributed by atoms with Crippen molar-refractivity contribution in [3.63, 3.8) is 0 Å². The fraction of sp³-hybridized carbons (Fsp3) is 0.631. The summed E-state index contributed by atoms with van der Waals surface area (Å²) < 4.78 is 0. The van der Waals surface area contributed by atoms with E-state index in [2.05, 4.69) is 158 Å². The van der Waals surface area contributed by atoms with E-state index in [-0.39, 0.29) is 101 Å². The van der Waals surface area contributed by atoms with Crippen molar-refractivity contribution in [2.45, 2.75) is 333 Å². The van der Waals surface area contributed by atoms with Gasteiger partial charge in [-0.05, 0) is 216 Å². The van der Waals surface area contributed by atoms with Crippen LogP contribution in [0.3, 0.4) is 0 Å². The normalized spacial score (nSPS) is 21.2. The molecule has 0 aliphatic heterocycles. The van der Waals surface area contributed by atoms with Crippen LogP contribution >= 0.6 is 50.2 Å². The summed E-state index contributed by atoms with van der Waals surface area (Å²) >= 11 is 6.70. The third-order valence-electron chi connectivity index (χ3n) is 22.7. The van der Waals surface area contributed by atoms with E-state index in [1.54, 1.807) is 104 Å². The first-order valence-corrected chi connectivity index (χ1v) is 46.6. The summed E-state index contributed by atoms with van der Waals surface area (Å²) in [5.41, 5.74) is 9.32. The van der Waals surface area contributed by atoms with Crippen LogP contribution in [0.4, 0.5) is 0 Å².